The molecule has 0 spiro atoms. The van der Waals surface area contributed by atoms with Gasteiger partial charge in [0.2, 0.25) is 5.91 Å². The van der Waals surface area contributed by atoms with Gasteiger partial charge in [0.15, 0.2) is 29.0 Å². The molecular weight excluding hydrogens is 493 g/mol. The van der Waals surface area contributed by atoms with Gasteiger partial charge in [-0.25, -0.2) is 15.0 Å². The number of aliphatic hydroxyl groups is 1. The maximum atomic E-state index is 13.1. The van der Waals surface area contributed by atoms with E-state index in [-0.39, 0.29) is 41.9 Å². The molecule has 1 aliphatic heterocycles. The molecule has 0 saturated carbocycles. The van der Waals surface area contributed by atoms with Crippen LogP contribution in [-0.4, -0.2) is 59.8 Å². The topological polar surface area (TPSA) is 140 Å². The molecule has 0 radical (unpaired) electrons. The summed E-state index contributed by atoms with van der Waals surface area (Å²) in [5, 5.41) is 16.1. The maximum Gasteiger partial charge on any atom is 0.416 e. The monoisotopic (exact) mass is 514 g/mol. The molecule has 1 saturated heterocycles. The number of aliphatic hydroxyl groups excluding tert-OH is 1. The first-order chi connectivity index (χ1) is 17.7. The lowest BCUT2D eigenvalue weighted by Crippen LogP contribution is -2.31. The van der Waals surface area contributed by atoms with E-state index >= 15 is 0 Å². The summed E-state index contributed by atoms with van der Waals surface area (Å²) < 4.78 is 46.6. The van der Waals surface area contributed by atoms with Gasteiger partial charge in [-0.3, -0.25) is 19.3 Å². The number of ether oxygens (including phenoxy) is 1. The number of carbonyl (C=O) groups excluding carboxylic acids is 1. The normalized spacial score (nSPS) is 19.8. The van der Waals surface area contributed by atoms with E-state index in [2.05, 4.69) is 35.6 Å². The van der Waals surface area contributed by atoms with E-state index in [1.165, 1.54) is 17.9 Å². The van der Waals surface area contributed by atoms with Gasteiger partial charge >= 0.3 is 6.18 Å². The second kappa shape index (κ2) is 9.71. The van der Waals surface area contributed by atoms with Crippen LogP contribution in [0.2, 0.25) is 0 Å². The molecule has 5 rings (SSSR count). The van der Waals surface area contributed by atoms with E-state index in [1.54, 1.807) is 24.5 Å². The third kappa shape index (κ3) is 4.93. The van der Waals surface area contributed by atoms with Crippen molar-refractivity contribution in [3.8, 4) is 11.4 Å². The molecule has 1 aliphatic rings. The standard InChI is InChI=1S/C23H21F3N8O3/c1-27-21(36)16-8-15(35)22(37-16)34-11-31-17-19(30-10-14-7-13(4-6-29-14)23(24,25)26)32-18(33-20(17)34)12-3-2-5-28-9-12/h2-7,9,11,15-16,22,35H,8,10H2,1H3,(H,27,36)(H,30,32,33)/t15-,16+,22-/m1/s1. The Bertz CT molecular complexity index is 1430. The molecule has 0 unspecified atom stereocenters. The number of likely N-dealkylation sites (N-methyl/N-ethyl adjacent to an activating group) is 1. The smallest absolute Gasteiger partial charge is 0.388 e. The SMILES string of the molecule is CNC(=O)[C@@H]1C[C@@H](O)[C@H](n2cnc3c(NCc4cc(C(F)(F)F)ccn4)nc(-c4cccnc4)nc32)O1. The molecule has 4 aromatic rings. The number of imidazole rings is 1. The molecule has 5 heterocycles. The van der Waals surface area contributed by atoms with Crippen molar-refractivity contribution in [1.29, 1.82) is 0 Å². The Morgan fingerprint density at radius 2 is 2.08 bits per heavy atom. The third-order valence-electron chi connectivity index (χ3n) is 5.82. The van der Waals surface area contributed by atoms with Gasteiger partial charge in [0.25, 0.3) is 0 Å². The number of hydrogen-bond donors (Lipinski definition) is 3. The van der Waals surface area contributed by atoms with Crippen LogP contribution < -0.4 is 10.6 Å². The highest BCUT2D eigenvalue weighted by Crippen LogP contribution is 2.33. The minimum atomic E-state index is -4.50. The quantitative estimate of drug-likeness (QED) is 0.354. The molecule has 192 valence electrons. The first kappa shape index (κ1) is 24.5. The number of aromatic nitrogens is 6. The number of rotatable bonds is 6. The van der Waals surface area contributed by atoms with E-state index < -0.39 is 30.2 Å². The van der Waals surface area contributed by atoms with Crippen molar-refractivity contribution >= 4 is 22.9 Å². The van der Waals surface area contributed by atoms with Gasteiger partial charge in [-0.05, 0) is 24.3 Å². The van der Waals surface area contributed by atoms with Crippen LogP contribution >= 0.6 is 0 Å². The summed E-state index contributed by atoms with van der Waals surface area (Å²) in [7, 11) is 1.47. The minimum absolute atomic E-state index is 0.0727. The first-order valence-electron chi connectivity index (χ1n) is 11.2. The summed E-state index contributed by atoms with van der Waals surface area (Å²) >= 11 is 0. The van der Waals surface area contributed by atoms with Crippen LogP contribution in [0.3, 0.4) is 0 Å². The average molecular weight is 514 g/mol. The van der Waals surface area contributed by atoms with Gasteiger partial charge < -0.3 is 20.5 Å². The highest BCUT2D eigenvalue weighted by atomic mass is 19.4. The van der Waals surface area contributed by atoms with Crippen LogP contribution in [0.1, 0.15) is 23.9 Å². The van der Waals surface area contributed by atoms with E-state index in [0.29, 0.717) is 11.1 Å². The Morgan fingerprint density at radius 1 is 1.24 bits per heavy atom. The van der Waals surface area contributed by atoms with Crippen molar-refractivity contribution in [3.05, 3.63) is 60.4 Å². The zero-order valence-corrected chi connectivity index (χ0v) is 19.3. The first-order valence-corrected chi connectivity index (χ1v) is 11.2. The van der Waals surface area contributed by atoms with Crippen LogP contribution in [-0.2, 0) is 22.3 Å². The number of fused-ring (bicyclic) bond motifs is 1. The molecule has 0 aliphatic carbocycles. The molecule has 3 N–H and O–H groups in total. The second-order valence-corrected chi connectivity index (χ2v) is 8.28. The van der Waals surface area contributed by atoms with Gasteiger partial charge in [0, 0.05) is 37.6 Å². The van der Waals surface area contributed by atoms with Crippen molar-refractivity contribution < 1.29 is 27.8 Å². The molecule has 4 aromatic heterocycles. The second-order valence-electron chi connectivity index (χ2n) is 8.28. The third-order valence-corrected chi connectivity index (χ3v) is 5.82. The van der Waals surface area contributed by atoms with E-state index in [9.17, 15) is 23.1 Å². The van der Waals surface area contributed by atoms with E-state index in [0.717, 1.165) is 18.3 Å². The number of nitrogens with one attached hydrogen (secondary N) is 2. The lowest BCUT2D eigenvalue weighted by atomic mass is 10.2. The molecule has 3 atom stereocenters. The molecule has 1 amide bonds. The lowest BCUT2D eigenvalue weighted by Gasteiger charge is -2.17. The minimum Gasteiger partial charge on any atom is -0.388 e. The molecule has 14 heteroatoms. The van der Waals surface area contributed by atoms with Crippen LogP contribution in [0.4, 0.5) is 19.0 Å². The van der Waals surface area contributed by atoms with Gasteiger partial charge in [-0.15, -0.1) is 0 Å². The molecule has 37 heavy (non-hydrogen) atoms. The summed E-state index contributed by atoms with van der Waals surface area (Å²) in [5.41, 5.74) is 0.486. The average Bonchev–Trinajstić information content (AvgIpc) is 3.50. The fourth-order valence-corrected chi connectivity index (χ4v) is 4.01. The Morgan fingerprint density at radius 3 is 2.81 bits per heavy atom. The number of amides is 1. The van der Waals surface area contributed by atoms with E-state index in [4.69, 9.17) is 4.74 Å². The highest BCUT2D eigenvalue weighted by Gasteiger charge is 2.39. The Kier molecular flexibility index (Phi) is 6.43. The number of halogens is 3. The number of pyridine rings is 2. The van der Waals surface area contributed by atoms with Crippen LogP contribution in [0.15, 0.2) is 49.2 Å². The van der Waals surface area contributed by atoms with Crippen molar-refractivity contribution in [3.63, 3.8) is 0 Å². The highest BCUT2D eigenvalue weighted by molar-refractivity contribution is 5.85. The zero-order chi connectivity index (χ0) is 26.2. The largest absolute Gasteiger partial charge is 0.416 e. The fourth-order valence-electron chi connectivity index (χ4n) is 4.01. The maximum absolute atomic E-state index is 13.1. The van der Waals surface area contributed by atoms with Crippen molar-refractivity contribution in [2.75, 3.05) is 12.4 Å². The molecular formula is C23H21F3N8O3. The summed E-state index contributed by atoms with van der Waals surface area (Å²) in [6.45, 7) is -0.0727. The summed E-state index contributed by atoms with van der Waals surface area (Å²) in [6.07, 6.45) is -1.59. The molecule has 1 fully saturated rings. The van der Waals surface area contributed by atoms with E-state index in [1.807, 2.05) is 0 Å². The summed E-state index contributed by atoms with van der Waals surface area (Å²) in [4.78, 5) is 33.6. The molecule has 11 nitrogen and oxygen atoms in total. The number of carbonyl (C=O) groups is 1. The van der Waals surface area contributed by atoms with Crippen molar-refractivity contribution in [2.24, 2.45) is 0 Å². The predicted molar refractivity (Wildman–Crippen MR) is 124 cm³/mol. The van der Waals surface area contributed by atoms with Gasteiger partial charge in [0.1, 0.15) is 12.2 Å². The number of hydrogen-bond acceptors (Lipinski definition) is 9. The van der Waals surface area contributed by atoms with Crippen molar-refractivity contribution in [2.45, 2.75) is 37.6 Å². The number of alkyl halides is 3. The predicted octanol–water partition coefficient (Wildman–Crippen LogP) is 2.31. The molecule has 0 aromatic carbocycles. The van der Waals surface area contributed by atoms with Gasteiger partial charge in [0.05, 0.1) is 24.1 Å². The molecule has 0 bridgehead atoms. The van der Waals surface area contributed by atoms with Crippen LogP contribution in [0, 0.1) is 0 Å². The summed E-state index contributed by atoms with van der Waals surface area (Å²) in [6, 6.07) is 5.30. The Labute approximate surface area is 207 Å². The van der Waals surface area contributed by atoms with Crippen molar-refractivity contribution in [1.82, 2.24) is 34.8 Å². The Hall–Kier alpha value is -4.17. The van der Waals surface area contributed by atoms with Crippen LogP contribution in [0.25, 0.3) is 22.6 Å². The van der Waals surface area contributed by atoms with Crippen LogP contribution in [0.5, 0.6) is 0 Å². The Balaban J connectivity index is 1.53. The number of anilines is 1. The lowest BCUT2D eigenvalue weighted by molar-refractivity contribution is -0.137. The summed E-state index contributed by atoms with van der Waals surface area (Å²) in [5.74, 6) is 0.127. The fraction of sp³-hybridized carbons (Fsp3) is 0.304. The van der Waals surface area contributed by atoms with Gasteiger partial charge in [-0.2, -0.15) is 13.2 Å². The zero-order valence-electron chi connectivity index (χ0n) is 19.3. The number of nitrogens with zero attached hydrogens (tertiary/aromatic N) is 6. The van der Waals surface area contributed by atoms with Gasteiger partial charge in [-0.1, -0.05) is 0 Å².